The highest BCUT2D eigenvalue weighted by molar-refractivity contribution is 6.04. The van der Waals surface area contributed by atoms with Gasteiger partial charge in [0.15, 0.2) is 0 Å². The Bertz CT molecular complexity index is 861. The molecular formula is C25H29NO3. The first-order chi connectivity index (χ1) is 14.1. The Morgan fingerprint density at radius 3 is 1.86 bits per heavy atom. The van der Waals surface area contributed by atoms with E-state index in [2.05, 4.69) is 29.6 Å². The molecule has 152 valence electrons. The van der Waals surface area contributed by atoms with Crippen LogP contribution in [0.25, 0.3) is 0 Å². The predicted octanol–water partition coefficient (Wildman–Crippen LogP) is 5.42. The van der Waals surface area contributed by atoms with E-state index in [0.717, 1.165) is 23.4 Å². The molecule has 4 heteroatoms. The van der Waals surface area contributed by atoms with Crippen molar-refractivity contribution in [3.05, 3.63) is 53.6 Å². The first-order valence-electron chi connectivity index (χ1n) is 10.7. The highest BCUT2D eigenvalue weighted by atomic mass is 16.5. The van der Waals surface area contributed by atoms with Crippen LogP contribution in [-0.4, -0.2) is 20.1 Å². The van der Waals surface area contributed by atoms with E-state index in [1.807, 2.05) is 0 Å². The maximum atomic E-state index is 12.7. The standard InChI is InChI=1S/C25H29NO3/c1-28-22-10-19(11-23(12-22)29-2)24(27)26-21-5-3-20(4-6-21)25-13-16-7-17(14-25)9-18(8-16)15-25/h3-6,10-12,16-18H,7-9,13-15H2,1-2H3,(H,26,27). The van der Waals surface area contributed by atoms with E-state index < -0.39 is 0 Å². The molecular weight excluding hydrogens is 362 g/mol. The van der Waals surface area contributed by atoms with Crippen LogP contribution in [-0.2, 0) is 5.41 Å². The summed E-state index contributed by atoms with van der Waals surface area (Å²) < 4.78 is 10.5. The van der Waals surface area contributed by atoms with Crippen LogP contribution in [0.5, 0.6) is 11.5 Å². The number of carbonyl (C=O) groups excluding carboxylic acids is 1. The molecule has 1 amide bonds. The van der Waals surface area contributed by atoms with Crippen LogP contribution < -0.4 is 14.8 Å². The van der Waals surface area contributed by atoms with Crippen LogP contribution in [0, 0.1) is 17.8 Å². The molecule has 4 aliphatic carbocycles. The van der Waals surface area contributed by atoms with Crippen LogP contribution in [0.3, 0.4) is 0 Å². The number of rotatable bonds is 5. The Balaban J connectivity index is 1.33. The van der Waals surface area contributed by atoms with Gasteiger partial charge >= 0.3 is 0 Å². The summed E-state index contributed by atoms with van der Waals surface area (Å²) in [7, 11) is 3.17. The number of ether oxygens (including phenoxy) is 2. The minimum Gasteiger partial charge on any atom is -0.497 e. The van der Waals surface area contributed by atoms with Gasteiger partial charge in [-0.05, 0) is 91.5 Å². The number of methoxy groups -OCH3 is 2. The number of hydrogen-bond donors (Lipinski definition) is 1. The Kier molecular flexibility index (Phi) is 4.53. The summed E-state index contributed by atoms with van der Waals surface area (Å²) in [5.74, 6) is 3.85. The van der Waals surface area contributed by atoms with Gasteiger partial charge in [0, 0.05) is 17.3 Å². The monoisotopic (exact) mass is 391 g/mol. The third kappa shape index (κ3) is 3.39. The summed E-state index contributed by atoms with van der Waals surface area (Å²) in [6, 6.07) is 13.8. The SMILES string of the molecule is COc1cc(OC)cc(C(=O)Nc2ccc(C34CC5CC(CC(C5)C3)C4)cc2)c1. The van der Waals surface area contributed by atoms with Crippen molar-refractivity contribution in [1.29, 1.82) is 0 Å². The molecule has 0 atom stereocenters. The number of hydrogen-bond acceptors (Lipinski definition) is 3. The zero-order chi connectivity index (χ0) is 20.0. The number of nitrogens with one attached hydrogen (secondary N) is 1. The molecule has 6 rings (SSSR count). The van der Waals surface area contributed by atoms with Crippen LogP contribution >= 0.6 is 0 Å². The lowest BCUT2D eigenvalue weighted by Gasteiger charge is -2.57. The molecule has 4 saturated carbocycles. The Labute approximate surface area is 172 Å². The van der Waals surface area contributed by atoms with Crippen molar-refractivity contribution >= 4 is 11.6 Å². The molecule has 1 N–H and O–H groups in total. The zero-order valence-corrected chi connectivity index (χ0v) is 17.2. The summed E-state index contributed by atoms with van der Waals surface area (Å²) in [5.41, 5.74) is 3.20. The number of anilines is 1. The van der Waals surface area contributed by atoms with Gasteiger partial charge in [-0.25, -0.2) is 0 Å². The third-order valence-corrected chi connectivity index (χ3v) is 7.41. The van der Waals surface area contributed by atoms with Crippen molar-refractivity contribution in [3.63, 3.8) is 0 Å². The molecule has 2 aromatic carbocycles. The highest BCUT2D eigenvalue weighted by Crippen LogP contribution is 2.60. The Morgan fingerprint density at radius 2 is 1.38 bits per heavy atom. The molecule has 4 nitrogen and oxygen atoms in total. The van der Waals surface area contributed by atoms with Gasteiger partial charge in [0.25, 0.3) is 5.91 Å². The second-order valence-corrected chi connectivity index (χ2v) is 9.33. The van der Waals surface area contributed by atoms with Gasteiger partial charge in [-0.15, -0.1) is 0 Å². The smallest absolute Gasteiger partial charge is 0.255 e. The molecule has 0 spiro atoms. The Hall–Kier alpha value is -2.49. The van der Waals surface area contributed by atoms with Gasteiger partial charge in [-0.2, -0.15) is 0 Å². The number of amides is 1. The van der Waals surface area contributed by atoms with Crippen LogP contribution in [0.4, 0.5) is 5.69 Å². The molecule has 0 aliphatic heterocycles. The second kappa shape index (κ2) is 7.08. The van der Waals surface area contributed by atoms with Gasteiger partial charge in [0.05, 0.1) is 14.2 Å². The Morgan fingerprint density at radius 1 is 0.862 bits per heavy atom. The lowest BCUT2D eigenvalue weighted by Crippen LogP contribution is -2.48. The zero-order valence-electron chi connectivity index (χ0n) is 17.2. The lowest BCUT2D eigenvalue weighted by atomic mass is 9.48. The predicted molar refractivity (Wildman–Crippen MR) is 114 cm³/mol. The second-order valence-electron chi connectivity index (χ2n) is 9.33. The molecule has 0 saturated heterocycles. The van der Waals surface area contributed by atoms with Crippen molar-refractivity contribution in [1.82, 2.24) is 0 Å². The van der Waals surface area contributed by atoms with Gasteiger partial charge < -0.3 is 14.8 Å². The molecule has 0 unspecified atom stereocenters. The number of benzene rings is 2. The summed E-state index contributed by atoms with van der Waals surface area (Å²) in [5, 5.41) is 3.01. The quantitative estimate of drug-likeness (QED) is 0.740. The lowest BCUT2D eigenvalue weighted by molar-refractivity contribution is -0.00518. The van der Waals surface area contributed by atoms with Gasteiger partial charge in [-0.3, -0.25) is 4.79 Å². The fourth-order valence-electron chi connectivity index (χ4n) is 6.51. The highest BCUT2D eigenvalue weighted by Gasteiger charge is 2.51. The summed E-state index contributed by atoms with van der Waals surface area (Å²) in [6.07, 6.45) is 8.43. The maximum Gasteiger partial charge on any atom is 0.255 e. The van der Waals surface area contributed by atoms with Crippen molar-refractivity contribution in [2.24, 2.45) is 17.8 Å². The third-order valence-electron chi connectivity index (χ3n) is 7.41. The topological polar surface area (TPSA) is 47.6 Å². The maximum absolute atomic E-state index is 12.7. The average Bonchev–Trinajstić information content (AvgIpc) is 2.72. The van der Waals surface area contributed by atoms with E-state index in [-0.39, 0.29) is 5.91 Å². The molecule has 29 heavy (non-hydrogen) atoms. The van der Waals surface area contributed by atoms with E-state index in [0.29, 0.717) is 22.5 Å². The van der Waals surface area contributed by atoms with Crippen molar-refractivity contribution in [3.8, 4) is 11.5 Å². The minimum atomic E-state index is -0.162. The van der Waals surface area contributed by atoms with Gasteiger partial charge in [0.1, 0.15) is 11.5 Å². The molecule has 2 aromatic rings. The molecule has 4 bridgehead atoms. The first kappa shape index (κ1) is 18.5. The fourth-order valence-corrected chi connectivity index (χ4v) is 6.51. The van der Waals surface area contributed by atoms with Crippen molar-refractivity contribution in [2.75, 3.05) is 19.5 Å². The van der Waals surface area contributed by atoms with E-state index in [1.54, 1.807) is 32.4 Å². The first-order valence-corrected chi connectivity index (χ1v) is 10.7. The van der Waals surface area contributed by atoms with E-state index in [1.165, 1.54) is 44.1 Å². The summed E-state index contributed by atoms with van der Waals surface area (Å²) in [6.45, 7) is 0. The molecule has 4 fully saturated rings. The minimum absolute atomic E-state index is 0.162. The van der Waals surface area contributed by atoms with Crippen molar-refractivity contribution in [2.45, 2.75) is 43.9 Å². The number of carbonyl (C=O) groups is 1. The normalized spacial score (nSPS) is 29.5. The van der Waals surface area contributed by atoms with E-state index in [4.69, 9.17) is 9.47 Å². The van der Waals surface area contributed by atoms with Crippen LogP contribution in [0.1, 0.15) is 54.4 Å². The molecule has 0 aromatic heterocycles. The molecule has 0 heterocycles. The van der Waals surface area contributed by atoms with Crippen molar-refractivity contribution < 1.29 is 14.3 Å². The van der Waals surface area contributed by atoms with Crippen LogP contribution in [0.15, 0.2) is 42.5 Å². The van der Waals surface area contributed by atoms with Gasteiger partial charge in [-0.1, -0.05) is 12.1 Å². The molecule has 0 radical (unpaired) electrons. The van der Waals surface area contributed by atoms with Crippen LogP contribution in [0.2, 0.25) is 0 Å². The largest absolute Gasteiger partial charge is 0.497 e. The average molecular weight is 392 g/mol. The van der Waals surface area contributed by atoms with E-state index in [9.17, 15) is 4.79 Å². The summed E-state index contributed by atoms with van der Waals surface area (Å²) >= 11 is 0. The summed E-state index contributed by atoms with van der Waals surface area (Å²) in [4.78, 5) is 12.7. The van der Waals surface area contributed by atoms with Gasteiger partial charge in [0.2, 0.25) is 0 Å². The van der Waals surface area contributed by atoms with E-state index >= 15 is 0 Å². The fraction of sp³-hybridized carbons (Fsp3) is 0.480. The molecule has 4 aliphatic rings.